The molecule has 0 spiro atoms. The molecular formula is C33H40IN3O2. The minimum absolute atomic E-state index is 0.0652. The highest BCUT2D eigenvalue weighted by molar-refractivity contribution is 14.1. The molecule has 4 rings (SSSR count). The number of rotatable bonds is 11. The molecule has 0 fully saturated rings. The van der Waals surface area contributed by atoms with E-state index in [9.17, 15) is 9.59 Å². The van der Waals surface area contributed by atoms with Crippen molar-refractivity contribution in [3.63, 3.8) is 0 Å². The zero-order valence-corrected chi connectivity index (χ0v) is 25.7. The van der Waals surface area contributed by atoms with Crippen LogP contribution in [0.4, 0.5) is 17.1 Å². The van der Waals surface area contributed by atoms with Gasteiger partial charge in [-0.2, -0.15) is 0 Å². The van der Waals surface area contributed by atoms with Crippen molar-refractivity contribution in [1.29, 1.82) is 0 Å². The van der Waals surface area contributed by atoms with Gasteiger partial charge in [0.25, 0.3) is 5.91 Å². The first-order valence-corrected chi connectivity index (χ1v) is 15.1. The number of anilines is 3. The van der Waals surface area contributed by atoms with Gasteiger partial charge in [0.1, 0.15) is 0 Å². The normalized spacial score (nSPS) is 12.9. The molecule has 0 unspecified atom stereocenters. The lowest BCUT2D eigenvalue weighted by molar-refractivity contribution is -0.117. The Morgan fingerprint density at radius 2 is 1.54 bits per heavy atom. The number of carbonyl (C=O) groups excluding carboxylic acids is 2. The maximum atomic E-state index is 13.7. The first kappa shape index (κ1) is 29.3. The van der Waals surface area contributed by atoms with Crippen molar-refractivity contribution < 1.29 is 9.59 Å². The van der Waals surface area contributed by atoms with E-state index in [1.165, 1.54) is 12.0 Å². The van der Waals surface area contributed by atoms with Crippen LogP contribution in [0.25, 0.3) is 0 Å². The van der Waals surface area contributed by atoms with Gasteiger partial charge in [-0.25, -0.2) is 0 Å². The van der Waals surface area contributed by atoms with Crippen LogP contribution in [0.15, 0.2) is 66.7 Å². The molecule has 1 heterocycles. The quantitative estimate of drug-likeness (QED) is 0.173. The maximum Gasteiger partial charge on any atom is 0.257 e. The van der Waals surface area contributed by atoms with Gasteiger partial charge in [0.05, 0.1) is 29.0 Å². The molecule has 0 radical (unpaired) electrons. The second kappa shape index (κ2) is 13.6. The third-order valence-electron chi connectivity index (χ3n) is 6.90. The topological polar surface area (TPSA) is 52.7 Å². The molecule has 0 saturated carbocycles. The molecule has 5 nitrogen and oxygen atoms in total. The monoisotopic (exact) mass is 637 g/mol. The predicted octanol–water partition coefficient (Wildman–Crippen LogP) is 7.70. The fraction of sp³-hybridized carbons (Fsp3) is 0.394. The van der Waals surface area contributed by atoms with E-state index in [0.29, 0.717) is 34.5 Å². The molecule has 1 aliphatic rings. The summed E-state index contributed by atoms with van der Waals surface area (Å²) in [5.41, 5.74) is 4.72. The zero-order chi connectivity index (χ0) is 27.9. The van der Waals surface area contributed by atoms with Gasteiger partial charge in [-0.1, -0.05) is 64.1 Å². The molecule has 206 valence electrons. The van der Waals surface area contributed by atoms with Crippen LogP contribution in [0.3, 0.4) is 0 Å². The Kier molecular flexibility index (Phi) is 10.2. The number of halogens is 1. The van der Waals surface area contributed by atoms with Gasteiger partial charge in [-0.3, -0.25) is 14.5 Å². The average Bonchev–Trinajstić information content (AvgIpc) is 3.00. The molecular weight excluding hydrogens is 597 g/mol. The van der Waals surface area contributed by atoms with E-state index in [4.69, 9.17) is 0 Å². The van der Waals surface area contributed by atoms with E-state index in [-0.39, 0.29) is 18.2 Å². The number of aryl methyl sites for hydroxylation is 1. The molecule has 3 aromatic rings. The summed E-state index contributed by atoms with van der Waals surface area (Å²) in [6, 6.07) is 21.5. The zero-order valence-electron chi connectivity index (χ0n) is 23.5. The lowest BCUT2D eigenvalue weighted by Gasteiger charge is -2.26. The summed E-state index contributed by atoms with van der Waals surface area (Å²) >= 11 is 2.19. The van der Waals surface area contributed by atoms with Gasteiger partial charge in [0.2, 0.25) is 5.91 Å². The third kappa shape index (κ3) is 7.92. The Balaban J connectivity index is 1.41. The second-order valence-corrected chi connectivity index (χ2v) is 12.6. The van der Waals surface area contributed by atoms with Crippen LogP contribution in [-0.4, -0.2) is 36.3 Å². The highest BCUT2D eigenvalue weighted by Gasteiger charge is 2.29. The summed E-state index contributed by atoms with van der Waals surface area (Å²) in [6.45, 7) is 12.6. The molecule has 0 aromatic heterocycles. The van der Waals surface area contributed by atoms with E-state index in [2.05, 4.69) is 84.8 Å². The average molecular weight is 638 g/mol. The van der Waals surface area contributed by atoms with Gasteiger partial charge >= 0.3 is 0 Å². The van der Waals surface area contributed by atoms with Crippen LogP contribution in [0.2, 0.25) is 0 Å². The Morgan fingerprint density at radius 1 is 0.872 bits per heavy atom. The highest BCUT2D eigenvalue weighted by atomic mass is 127. The molecule has 0 bridgehead atoms. The number of carbonyl (C=O) groups is 2. The standard InChI is InChI=1S/C33H40IN3O2/c1-23(2)21-36(22-24(3)4)18-8-7-9-25-12-14-26(15-13-25)19-32(38)37-30-17-16-27(34)20-28(30)33(39)35-29-10-5-6-11-31(29)37/h5-6,10-17,20,23-24H,7-9,18-19,21-22H2,1-4H3,(H,35,39). The molecule has 2 amide bonds. The van der Waals surface area contributed by atoms with Crippen LogP contribution < -0.4 is 10.2 Å². The summed E-state index contributed by atoms with van der Waals surface area (Å²) in [5, 5.41) is 2.97. The first-order chi connectivity index (χ1) is 18.7. The number of nitrogens with one attached hydrogen (secondary N) is 1. The van der Waals surface area contributed by atoms with Crippen molar-refractivity contribution in [2.45, 2.75) is 53.4 Å². The van der Waals surface area contributed by atoms with Crippen molar-refractivity contribution in [3.8, 4) is 0 Å². The number of unbranched alkanes of at least 4 members (excludes halogenated alkanes) is 1. The summed E-state index contributed by atoms with van der Waals surface area (Å²) in [6.07, 6.45) is 3.66. The van der Waals surface area contributed by atoms with Crippen LogP contribution in [-0.2, 0) is 17.6 Å². The minimum atomic E-state index is -0.202. The smallest absolute Gasteiger partial charge is 0.257 e. The van der Waals surface area contributed by atoms with E-state index in [1.807, 2.05) is 42.5 Å². The SMILES string of the molecule is CC(C)CN(CCCCc1ccc(CC(=O)N2c3ccccc3NC(=O)c3cc(I)ccc32)cc1)CC(C)C. The maximum absolute atomic E-state index is 13.7. The fourth-order valence-electron chi connectivity index (χ4n) is 5.28. The third-order valence-corrected chi connectivity index (χ3v) is 7.57. The molecule has 0 aliphatic carbocycles. The molecule has 39 heavy (non-hydrogen) atoms. The highest BCUT2D eigenvalue weighted by Crippen LogP contribution is 2.38. The van der Waals surface area contributed by atoms with Gasteiger partial charge in [-0.05, 0) is 102 Å². The van der Waals surface area contributed by atoms with Crippen LogP contribution in [0, 0.1) is 15.4 Å². The van der Waals surface area contributed by atoms with Gasteiger partial charge < -0.3 is 10.2 Å². The van der Waals surface area contributed by atoms with E-state index in [1.54, 1.807) is 4.90 Å². The van der Waals surface area contributed by atoms with Gasteiger partial charge in [0, 0.05) is 16.7 Å². The lowest BCUT2D eigenvalue weighted by Crippen LogP contribution is -2.32. The summed E-state index contributed by atoms with van der Waals surface area (Å²) in [4.78, 5) is 31.0. The van der Waals surface area contributed by atoms with Gasteiger partial charge in [0.15, 0.2) is 0 Å². The fourth-order valence-corrected chi connectivity index (χ4v) is 5.77. The van der Waals surface area contributed by atoms with Crippen LogP contribution in [0.5, 0.6) is 0 Å². The van der Waals surface area contributed by atoms with Crippen molar-refractivity contribution in [2.75, 3.05) is 29.9 Å². The van der Waals surface area contributed by atoms with Crippen LogP contribution >= 0.6 is 22.6 Å². The Labute approximate surface area is 247 Å². The summed E-state index contributed by atoms with van der Waals surface area (Å²) in [5.74, 6) is 1.11. The van der Waals surface area contributed by atoms with Crippen LogP contribution in [0.1, 0.15) is 62.0 Å². The number of para-hydroxylation sites is 2. The number of fused-ring (bicyclic) bond motifs is 2. The first-order valence-electron chi connectivity index (χ1n) is 14.0. The van der Waals surface area contributed by atoms with Crippen molar-refractivity contribution in [2.24, 2.45) is 11.8 Å². The summed E-state index contributed by atoms with van der Waals surface area (Å²) < 4.78 is 0.947. The predicted molar refractivity (Wildman–Crippen MR) is 170 cm³/mol. The van der Waals surface area contributed by atoms with Crippen molar-refractivity contribution >= 4 is 51.5 Å². The molecule has 6 heteroatoms. The number of amides is 2. The molecule has 0 atom stereocenters. The Morgan fingerprint density at radius 3 is 2.23 bits per heavy atom. The second-order valence-electron chi connectivity index (χ2n) is 11.4. The van der Waals surface area contributed by atoms with E-state index >= 15 is 0 Å². The van der Waals surface area contributed by atoms with Crippen molar-refractivity contribution in [1.82, 2.24) is 4.90 Å². The Bertz CT molecular complexity index is 1280. The lowest BCUT2D eigenvalue weighted by atomic mass is 10.0. The van der Waals surface area contributed by atoms with Crippen molar-refractivity contribution in [3.05, 3.63) is 87.0 Å². The molecule has 3 aromatic carbocycles. The van der Waals surface area contributed by atoms with E-state index in [0.717, 1.165) is 41.6 Å². The molecule has 1 N–H and O–H groups in total. The number of nitrogens with zero attached hydrogens (tertiary/aromatic N) is 2. The number of hydrogen-bond acceptors (Lipinski definition) is 3. The summed E-state index contributed by atoms with van der Waals surface area (Å²) in [7, 11) is 0. The minimum Gasteiger partial charge on any atom is -0.320 e. The number of benzene rings is 3. The Hall–Kier alpha value is -2.71. The molecule has 0 saturated heterocycles. The largest absolute Gasteiger partial charge is 0.320 e. The number of hydrogen-bond donors (Lipinski definition) is 1. The van der Waals surface area contributed by atoms with E-state index < -0.39 is 0 Å². The molecule has 1 aliphatic heterocycles. The van der Waals surface area contributed by atoms with Gasteiger partial charge in [-0.15, -0.1) is 0 Å².